The summed E-state index contributed by atoms with van der Waals surface area (Å²) in [7, 11) is 0. The molecule has 0 aliphatic carbocycles. The molecule has 0 radical (unpaired) electrons. The van der Waals surface area contributed by atoms with E-state index >= 15 is 0 Å². The number of hydrogen-bond donors (Lipinski definition) is 2. The van der Waals surface area contributed by atoms with Crippen molar-refractivity contribution in [3.05, 3.63) is 60.2 Å². The number of Topliss-reactive ketones (excluding diaryl/α,β-unsaturated/α-hetero) is 1. The fourth-order valence-corrected chi connectivity index (χ4v) is 2.94. The predicted molar refractivity (Wildman–Crippen MR) is 98.9 cm³/mol. The van der Waals surface area contributed by atoms with Gasteiger partial charge in [0, 0.05) is 18.2 Å². The Morgan fingerprint density at radius 1 is 1.04 bits per heavy atom. The third kappa shape index (κ3) is 4.48. The average Bonchev–Trinajstić information content (AvgIpc) is 2.61. The van der Waals surface area contributed by atoms with Gasteiger partial charge in [0.1, 0.15) is 6.04 Å². The first-order chi connectivity index (χ1) is 12.0. The number of nitrogens with zero attached hydrogens (tertiary/aromatic N) is 1. The lowest BCUT2D eigenvalue weighted by atomic mass is 9.96. The Morgan fingerprint density at radius 3 is 2.20 bits per heavy atom. The third-order valence-corrected chi connectivity index (χ3v) is 4.21. The SMILES string of the molecule is CC(=O)N(CC(=O)c1ccccc1-c1ccccc1)[C@H](CS)C(=O)O. The standard InChI is InChI=1S/C19H19NO4S/c1-13(21)20(17(12-25)19(23)24)11-18(22)16-10-6-5-9-15(16)14-7-3-2-4-8-14/h2-10,17,25H,11-12H2,1H3,(H,23,24)/t17-/m1/s1. The predicted octanol–water partition coefficient (Wildman–Crippen LogP) is 2.77. The minimum Gasteiger partial charge on any atom is -0.480 e. The van der Waals surface area contributed by atoms with Crippen molar-refractivity contribution in [1.82, 2.24) is 4.90 Å². The Balaban J connectivity index is 2.35. The van der Waals surface area contributed by atoms with E-state index in [1.807, 2.05) is 42.5 Å². The molecule has 0 heterocycles. The number of amides is 1. The van der Waals surface area contributed by atoms with Gasteiger partial charge in [-0.15, -0.1) is 0 Å². The molecule has 130 valence electrons. The summed E-state index contributed by atoms with van der Waals surface area (Å²) < 4.78 is 0. The lowest BCUT2D eigenvalue weighted by molar-refractivity contribution is -0.147. The van der Waals surface area contributed by atoms with E-state index in [0.717, 1.165) is 16.0 Å². The Bertz CT molecular complexity index is 776. The largest absolute Gasteiger partial charge is 0.480 e. The molecule has 25 heavy (non-hydrogen) atoms. The van der Waals surface area contributed by atoms with Crippen molar-refractivity contribution in [2.24, 2.45) is 0 Å². The highest BCUT2D eigenvalue weighted by Crippen LogP contribution is 2.24. The van der Waals surface area contributed by atoms with Crippen LogP contribution in [0.2, 0.25) is 0 Å². The van der Waals surface area contributed by atoms with Crippen molar-refractivity contribution in [3.8, 4) is 11.1 Å². The van der Waals surface area contributed by atoms with Gasteiger partial charge in [0.25, 0.3) is 0 Å². The molecule has 0 spiro atoms. The van der Waals surface area contributed by atoms with E-state index in [1.165, 1.54) is 6.92 Å². The van der Waals surface area contributed by atoms with Crippen molar-refractivity contribution >= 4 is 30.3 Å². The number of carbonyl (C=O) groups is 3. The smallest absolute Gasteiger partial charge is 0.327 e. The number of carboxylic acid groups (broad SMARTS) is 1. The van der Waals surface area contributed by atoms with E-state index in [1.54, 1.807) is 12.1 Å². The summed E-state index contributed by atoms with van der Waals surface area (Å²) in [5, 5.41) is 9.25. The monoisotopic (exact) mass is 357 g/mol. The second kappa shape index (κ2) is 8.48. The second-order valence-electron chi connectivity index (χ2n) is 5.52. The Morgan fingerprint density at radius 2 is 1.64 bits per heavy atom. The van der Waals surface area contributed by atoms with Crippen LogP contribution in [0, 0.1) is 0 Å². The van der Waals surface area contributed by atoms with Gasteiger partial charge >= 0.3 is 5.97 Å². The molecule has 1 amide bonds. The number of hydrogen-bond acceptors (Lipinski definition) is 4. The fraction of sp³-hybridized carbons (Fsp3) is 0.211. The average molecular weight is 357 g/mol. The van der Waals surface area contributed by atoms with Gasteiger partial charge in [-0.25, -0.2) is 4.79 Å². The summed E-state index contributed by atoms with van der Waals surface area (Å²) in [6.07, 6.45) is 0. The molecular formula is C19H19NO4S. The first-order valence-electron chi connectivity index (χ1n) is 7.74. The maximum absolute atomic E-state index is 12.8. The number of carboxylic acids is 1. The number of thiol groups is 1. The summed E-state index contributed by atoms with van der Waals surface area (Å²) in [5.41, 5.74) is 2.07. The highest BCUT2D eigenvalue weighted by molar-refractivity contribution is 7.80. The summed E-state index contributed by atoms with van der Waals surface area (Å²) in [4.78, 5) is 37.0. The number of carbonyl (C=O) groups excluding carboxylic acids is 2. The van der Waals surface area contributed by atoms with Crippen LogP contribution in [0.15, 0.2) is 54.6 Å². The van der Waals surface area contributed by atoms with E-state index in [4.69, 9.17) is 0 Å². The first-order valence-corrected chi connectivity index (χ1v) is 8.37. The molecule has 0 bridgehead atoms. The molecule has 2 aromatic rings. The van der Waals surface area contributed by atoms with E-state index in [2.05, 4.69) is 12.6 Å². The molecule has 0 aromatic heterocycles. The minimum absolute atomic E-state index is 0.0669. The van der Waals surface area contributed by atoms with Crippen molar-refractivity contribution < 1.29 is 19.5 Å². The summed E-state index contributed by atoms with van der Waals surface area (Å²) in [5.74, 6) is -2.05. The van der Waals surface area contributed by atoms with E-state index in [0.29, 0.717) is 5.56 Å². The lowest BCUT2D eigenvalue weighted by Gasteiger charge is -2.26. The van der Waals surface area contributed by atoms with Crippen molar-refractivity contribution in [1.29, 1.82) is 0 Å². The van der Waals surface area contributed by atoms with Gasteiger partial charge in [-0.2, -0.15) is 12.6 Å². The molecule has 1 atom stereocenters. The highest BCUT2D eigenvalue weighted by atomic mass is 32.1. The topological polar surface area (TPSA) is 74.7 Å². The van der Waals surface area contributed by atoms with Crippen LogP contribution in [0.1, 0.15) is 17.3 Å². The molecule has 0 saturated carbocycles. The van der Waals surface area contributed by atoms with E-state index in [-0.39, 0.29) is 18.1 Å². The Hall–Kier alpha value is -2.60. The zero-order valence-electron chi connectivity index (χ0n) is 13.8. The van der Waals surface area contributed by atoms with E-state index < -0.39 is 17.9 Å². The van der Waals surface area contributed by atoms with Crippen LogP contribution >= 0.6 is 12.6 Å². The maximum Gasteiger partial charge on any atom is 0.327 e. The highest BCUT2D eigenvalue weighted by Gasteiger charge is 2.29. The normalized spacial score (nSPS) is 11.6. The van der Waals surface area contributed by atoms with Crippen molar-refractivity contribution in [3.63, 3.8) is 0 Å². The maximum atomic E-state index is 12.8. The van der Waals surface area contributed by atoms with Crippen LogP contribution in [-0.4, -0.2) is 46.0 Å². The second-order valence-corrected chi connectivity index (χ2v) is 5.88. The fourth-order valence-electron chi connectivity index (χ4n) is 2.59. The first kappa shape index (κ1) is 18.7. The van der Waals surface area contributed by atoms with Gasteiger partial charge in [0.15, 0.2) is 5.78 Å². The quantitative estimate of drug-likeness (QED) is 0.590. The van der Waals surface area contributed by atoms with Crippen LogP contribution in [0.25, 0.3) is 11.1 Å². The van der Waals surface area contributed by atoms with E-state index in [9.17, 15) is 19.5 Å². The van der Waals surface area contributed by atoms with Crippen LogP contribution < -0.4 is 0 Å². The molecule has 6 heteroatoms. The van der Waals surface area contributed by atoms with Crippen LogP contribution in [0.5, 0.6) is 0 Å². The van der Waals surface area contributed by atoms with Crippen LogP contribution in [-0.2, 0) is 9.59 Å². The Labute approximate surface area is 151 Å². The van der Waals surface area contributed by atoms with Gasteiger partial charge in [-0.1, -0.05) is 54.6 Å². The molecule has 0 saturated heterocycles. The molecule has 0 fully saturated rings. The Kier molecular flexibility index (Phi) is 6.36. The van der Waals surface area contributed by atoms with Crippen molar-refractivity contribution in [2.75, 3.05) is 12.3 Å². The van der Waals surface area contributed by atoms with Gasteiger partial charge in [0.05, 0.1) is 6.54 Å². The molecular weight excluding hydrogens is 338 g/mol. The zero-order chi connectivity index (χ0) is 18.4. The summed E-state index contributed by atoms with van der Waals surface area (Å²) in [6.45, 7) is 0.937. The molecule has 2 aromatic carbocycles. The van der Waals surface area contributed by atoms with Gasteiger partial charge in [-0.05, 0) is 11.1 Å². The zero-order valence-corrected chi connectivity index (χ0v) is 14.6. The van der Waals surface area contributed by atoms with Crippen LogP contribution in [0.4, 0.5) is 0 Å². The lowest BCUT2D eigenvalue weighted by Crippen LogP contribution is -2.47. The third-order valence-electron chi connectivity index (χ3n) is 3.86. The van der Waals surface area contributed by atoms with Gasteiger partial charge in [-0.3, -0.25) is 9.59 Å². The van der Waals surface area contributed by atoms with Crippen LogP contribution in [0.3, 0.4) is 0 Å². The molecule has 0 aliphatic heterocycles. The number of rotatable bonds is 7. The molecule has 0 unspecified atom stereocenters. The number of aliphatic carboxylic acids is 1. The molecule has 0 aliphatic rings. The number of benzene rings is 2. The molecule has 1 N–H and O–H groups in total. The summed E-state index contributed by atoms with van der Waals surface area (Å²) >= 11 is 3.99. The van der Waals surface area contributed by atoms with Gasteiger partial charge in [0.2, 0.25) is 5.91 Å². The van der Waals surface area contributed by atoms with Gasteiger partial charge < -0.3 is 10.0 Å². The summed E-state index contributed by atoms with van der Waals surface area (Å²) in [6, 6.07) is 15.3. The van der Waals surface area contributed by atoms with Crippen molar-refractivity contribution in [2.45, 2.75) is 13.0 Å². The minimum atomic E-state index is -1.19. The molecule has 5 nitrogen and oxygen atoms in total. The molecule has 2 rings (SSSR count). The number of ketones is 1.